The van der Waals surface area contributed by atoms with E-state index in [9.17, 15) is 14.7 Å². The van der Waals surface area contributed by atoms with E-state index in [1.54, 1.807) is 0 Å². The van der Waals surface area contributed by atoms with Crippen LogP contribution in [0.15, 0.2) is 0 Å². The largest absolute Gasteiger partial charge is 0.481 e. The van der Waals surface area contributed by atoms with Crippen LogP contribution in [0.1, 0.15) is 64.2 Å². The quantitative estimate of drug-likeness (QED) is 0.718. The monoisotopic (exact) mass is 283 g/mol. The molecule has 0 aliphatic heterocycles. The van der Waals surface area contributed by atoms with Crippen molar-refractivity contribution in [3.63, 3.8) is 0 Å². The molecule has 5 heteroatoms. The molecule has 0 aromatic heterocycles. The highest BCUT2D eigenvalue weighted by Gasteiger charge is 2.38. The van der Waals surface area contributed by atoms with Gasteiger partial charge in [0.25, 0.3) is 0 Å². The molecule has 2 rings (SSSR count). The van der Waals surface area contributed by atoms with Crippen LogP contribution in [0, 0.1) is 5.41 Å². The van der Waals surface area contributed by atoms with Crippen LogP contribution in [-0.2, 0) is 9.59 Å². The number of aliphatic hydroxyl groups excluding tert-OH is 1. The molecular weight excluding hydrogens is 258 g/mol. The van der Waals surface area contributed by atoms with Crippen LogP contribution < -0.4 is 5.32 Å². The minimum absolute atomic E-state index is 0.0770. The summed E-state index contributed by atoms with van der Waals surface area (Å²) in [6, 6.07) is -0.153. The SMILES string of the molecule is O=C(O)CC1(CC(=O)N[C@H]2CCCC[C@@H]2O)CCCC1. The van der Waals surface area contributed by atoms with Crippen molar-refractivity contribution in [2.24, 2.45) is 5.41 Å². The smallest absolute Gasteiger partial charge is 0.303 e. The van der Waals surface area contributed by atoms with Gasteiger partial charge in [0.1, 0.15) is 0 Å². The van der Waals surface area contributed by atoms with E-state index >= 15 is 0 Å². The molecule has 20 heavy (non-hydrogen) atoms. The third-order valence-electron chi connectivity index (χ3n) is 4.80. The van der Waals surface area contributed by atoms with Crippen LogP contribution in [0.25, 0.3) is 0 Å². The van der Waals surface area contributed by atoms with Gasteiger partial charge in [-0.25, -0.2) is 0 Å². The van der Waals surface area contributed by atoms with E-state index in [2.05, 4.69) is 5.32 Å². The molecule has 2 aliphatic rings. The molecule has 2 atom stereocenters. The van der Waals surface area contributed by atoms with Gasteiger partial charge in [-0.3, -0.25) is 9.59 Å². The van der Waals surface area contributed by atoms with E-state index in [1.807, 2.05) is 0 Å². The molecule has 0 saturated heterocycles. The van der Waals surface area contributed by atoms with Crippen molar-refractivity contribution in [1.29, 1.82) is 0 Å². The highest BCUT2D eigenvalue weighted by atomic mass is 16.4. The van der Waals surface area contributed by atoms with Crippen LogP contribution in [0.2, 0.25) is 0 Å². The summed E-state index contributed by atoms with van der Waals surface area (Å²) in [5.41, 5.74) is -0.366. The van der Waals surface area contributed by atoms with E-state index in [0.717, 1.165) is 51.4 Å². The second-order valence-electron chi connectivity index (χ2n) is 6.48. The van der Waals surface area contributed by atoms with Crippen molar-refractivity contribution in [2.75, 3.05) is 0 Å². The van der Waals surface area contributed by atoms with Crippen molar-refractivity contribution in [3.8, 4) is 0 Å². The molecule has 2 saturated carbocycles. The van der Waals surface area contributed by atoms with Gasteiger partial charge < -0.3 is 15.5 Å². The maximum absolute atomic E-state index is 12.2. The number of carboxylic acids is 1. The number of carbonyl (C=O) groups excluding carboxylic acids is 1. The Bertz CT molecular complexity index is 363. The Kier molecular flexibility index (Phi) is 5.02. The fourth-order valence-electron chi connectivity index (χ4n) is 3.74. The lowest BCUT2D eigenvalue weighted by molar-refractivity contribution is -0.140. The summed E-state index contributed by atoms with van der Waals surface area (Å²) in [5, 5.41) is 21.8. The molecule has 0 radical (unpaired) electrons. The van der Waals surface area contributed by atoms with Gasteiger partial charge in [-0.15, -0.1) is 0 Å². The zero-order chi connectivity index (χ0) is 14.6. The van der Waals surface area contributed by atoms with E-state index in [4.69, 9.17) is 5.11 Å². The first-order valence-corrected chi connectivity index (χ1v) is 7.70. The number of amides is 1. The summed E-state index contributed by atoms with van der Waals surface area (Å²) in [6.07, 6.45) is 7.16. The summed E-state index contributed by atoms with van der Waals surface area (Å²) in [6.45, 7) is 0. The van der Waals surface area contributed by atoms with Gasteiger partial charge in [-0.2, -0.15) is 0 Å². The van der Waals surface area contributed by atoms with Gasteiger partial charge in [0.05, 0.1) is 18.6 Å². The number of hydrogen-bond donors (Lipinski definition) is 3. The highest BCUT2D eigenvalue weighted by molar-refractivity contribution is 5.78. The molecule has 0 unspecified atom stereocenters. The van der Waals surface area contributed by atoms with E-state index in [-0.39, 0.29) is 30.2 Å². The Hall–Kier alpha value is -1.10. The average molecular weight is 283 g/mol. The Morgan fingerprint density at radius 2 is 1.70 bits per heavy atom. The van der Waals surface area contributed by atoms with Gasteiger partial charge in [-0.1, -0.05) is 25.7 Å². The summed E-state index contributed by atoms with van der Waals surface area (Å²) in [7, 11) is 0. The van der Waals surface area contributed by atoms with E-state index in [0.29, 0.717) is 0 Å². The topological polar surface area (TPSA) is 86.6 Å². The fourth-order valence-corrected chi connectivity index (χ4v) is 3.74. The molecule has 3 N–H and O–H groups in total. The Labute approximate surface area is 119 Å². The van der Waals surface area contributed by atoms with Crippen LogP contribution in [0.5, 0.6) is 0 Å². The molecular formula is C15H25NO4. The zero-order valence-corrected chi connectivity index (χ0v) is 11.9. The molecule has 2 aliphatic carbocycles. The molecule has 114 valence electrons. The van der Waals surface area contributed by atoms with Crippen molar-refractivity contribution in [2.45, 2.75) is 76.4 Å². The van der Waals surface area contributed by atoms with Crippen molar-refractivity contribution >= 4 is 11.9 Å². The molecule has 2 fully saturated rings. The summed E-state index contributed by atoms with van der Waals surface area (Å²) >= 11 is 0. The number of carboxylic acid groups (broad SMARTS) is 1. The number of aliphatic hydroxyl groups is 1. The predicted octanol–water partition coefficient (Wildman–Crippen LogP) is 1.83. The molecule has 0 heterocycles. The van der Waals surface area contributed by atoms with Gasteiger partial charge in [0.2, 0.25) is 5.91 Å². The zero-order valence-electron chi connectivity index (χ0n) is 11.9. The average Bonchev–Trinajstić information content (AvgIpc) is 2.79. The van der Waals surface area contributed by atoms with E-state index in [1.165, 1.54) is 0 Å². The van der Waals surface area contributed by atoms with Gasteiger partial charge in [0, 0.05) is 6.42 Å². The number of rotatable bonds is 5. The van der Waals surface area contributed by atoms with Crippen molar-refractivity contribution in [1.82, 2.24) is 5.32 Å². The number of nitrogens with one attached hydrogen (secondary N) is 1. The fraction of sp³-hybridized carbons (Fsp3) is 0.867. The lowest BCUT2D eigenvalue weighted by Gasteiger charge is -2.31. The third-order valence-corrected chi connectivity index (χ3v) is 4.80. The van der Waals surface area contributed by atoms with Crippen molar-refractivity contribution in [3.05, 3.63) is 0 Å². The minimum Gasteiger partial charge on any atom is -0.481 e. The number of aliphatic carboxylic acids is 1. The first-order valence-electron chi connectivity index (χ1n) is 7.70. The molecule has 0 spiro atoms. The normalized spacial score (nSPS) is 29.1. The number of carbonyl (C=O) groups is 2. The number of hydrogen-bond acceptors (Lipinski definition) is 3. The maximum atomic E-state index is 12.2. The lowest BCUT2D eigenvalue weighted by atomic mass is 9.79. The van der Waals surface area contributed by atoms with Crippen LogP contribution in [0.4, 0.5) is 0 Å². The third kappa shape index (κ3) is 3.95. The first-order chi connectivity index (χ1) is 9.51. The van der Waals surface area contributed by atoms with Crippen LogP contribution in [0.3, 0.4) is 0 Å². The van der Waals surface area contributed by atoms with E-state index < -0.39 is 12.1 Å². The Morgan fingerprint density at radius 3 is 2.30 bits per heavy atom. The Balaban J connectivity index is 1.89. The highest BCUT2D eigenvalue weighted by Crippen LogP contribution is 2.44. The Morgan fingerprint density at radius 1 is 1.05 bits per heavy atom. The molecule has 0 aromatic carbocycles. The predicted molar refractivity (Wildman–Crippen MR) is 74.2 cm³/mol. The second-order valence-corrected chi connectivity index (χ2v) is 6.48. The summed E-state index contributed by atoms with van der Waals surface area (Å²) in [5.74, 6) is -0.920. The first kappa shape index (κ1) is 15.3. The lowest BCUT2D eigenvalue weighted by Crippen LogP contribution is -2.46. The van der Waals surface area contributed by atoms with Gasteiger partial charge >= 0.3 is 5.97 Å². The molecule has 1 amide bonds. The van der Waals surface area contributed by atoms with Crippen molar-refractivity contribution < 1.29 is 19.8 Å². The van der Waals surface area contributed by atoms with Gasteiger partial charge in [-0.05, 0) is 31.1 Å². The minimum atomic E-state index is -0.822. The molecule has 0 aromatic rings. The second kappa shape index (κ2) is 6.57. The standard InChI is InChI=1S/C15H25NO4/c17-12-6-2-1-5-11(12)16-13(18)9-15(10-14(19)20)7-3-4-8-15/h11-12,17H,1-10H2,(H,16,18)(H,19,20)/t11-,12-/m0/s1. The molecule has 5 nitrogen and oxygen atoms in total. The maximum Gasteiger partial charge on any atom is 0.303 e. The summed E-state index contributed by atoms with van der Waals surface area (Å²) < 4.78 is 0. The molecule has 0 bridgehead atoms. The van der Waals surface area contributed by atoms with Crippen LogP contribution >= 0.6 is 0 Å². The summed E-state index contributed by atoms with van der Waals surface area (Å²) in [4.78, 5) is 23.2. The van der Waals surface area contributed by atoms with Gasteiger partial charge in [0.15, 0.2) is 0 Å². The van der Waals surface area contributed by atoms with Crippen LogP contribution in [-0.4, -0.2) is 34.2 Å².